The highest BCUT2D eigenvalue weighted by atomic mass is 35.5. The number of aliphatic hydroxyl groups is 1. The average Bonchev–Trinajstić information content (AvgIpc) is 2.19. The van der Waals surface area contributed by atoms with Crippen LogP contribution in [0.15, 0.2) is 0 Å². The smallest absolute Gasteiger partial charge is 0.0620 e. The molecule has 60 valence electrons. The molecule has 2 nitrogen and oxygen atoms in total. The highest BCUT2D eigenvalue weighted by Gasteiger charge is 2.37. The number of hydrogen-bond acceptors (Lipinski definition) is 2. The Labute approximate surface area is 67.4 Å². The Hall–Kier alpha value is 0.210. The van der Waals surface area contributed by atoms with Gasteiger partial charge in [0.15, 0.2) is 0 Å². The summed E-state index contributed by atoms with van der Waals surface area (Å²) in [5.74, 6) is 1.15. The first kappa shape index (κ1) is 8.31. The van der Waals surface area contributed by atoms with Crippen LogP contribution in [0.25, 0.3) is 0 Å². The zero-order chi connectivity index (χ0) is 6.27. The van der Waals surface area contributed by atoms with Gasteiger partial charge in [0.05, 0.1) is 6.10 Å². The van der Waals surface area contributed by atoms with E-state index < -0.39 is 0 Å². The second-order valence-electron chi connectivity index (χ2n) is 3.25. The van der Waals surface area contributed by atoms with Crippen molar-refractivity contribution >= 4 is 12.4 Å². The van der Waals surface area contributed by atoms with Crippen LogP contribution in [-0.2, 0) is 0 Å². The van der Waals surface area contributed by atoms with Gasteiger partial charge in [-0.3, -0.25) is 0 Å². The molecule has 2 fully saturated rings. The van der Waals surface area contributed by atoms with Gasteiger partial charge in [0.25, 0.3) is 0 Å². The highest BCUT2D eigenvalue weighted by molar-refractivity contribution is 5.85. The maximum Gasteiger partial charge on any atom is 0.0620 e. The van der Waals surface area contributed by atoms with Crippen LogP contribution in [-0.4, -0.2) is 24.3 Å². The van der Waals surface area contributed by atoms with E-state index in [4.69, 9.17) is 0 Å². The van der Waals surface area contributed by atoms with E-state index in [1.54, 1.807) is 0 Å². The maximum atomic E-state index is 9.47. The van der Waals surface area contributed by atoms with Crippen LogP contribution in [0.1, 0.15) is 12.8 Å². The minimum absolute atomic E-state index is 0. The minimum Gasteiger partial charge on any atom is -0.392 e. The van der Waals surface area contributed by atoms with Crippen molar-refractivity contribution in [2.45, 2.75) is 18.9 Å². The Bertz CT molecular complexity index is 104. The molecule has 1 saturated heterocycles. The molecular formula is C7H14ClNO. The van der Waals surface area contributed by atoms with Gasteiger partial charge in [-0.2, -0.15) is 0 Å². The normalized spacial score (nSPS) is 44.7. The molecule has 0 radical (unpaired) electrons. The lowest BCUT2D eigenvalue weighted by Gasteiger charge is -2.25. The monoisotopic (exact) mass is 163 g/mol. The standard InChI is InChI=1S/C7H13NO.ClH/c9-7-5-1-2-6(7)4-8-3-5;/h5-9H,1-4H2;1H/t5-,6?,7?;/m1./s1. The minimum atomic E-state index is 0. The average molecular weight is 164 g/mol. The van der Waals surface area contributed by atoms with E-state index in [0.29, 0.717) is 11.8 Å². The Morgan fingerprint density at radius 2 is 1.60 bits per heavy atom. The van der Waals surface area contributed by atoms with Crippen LogP contribution in [0.2, 0.25) is 0 Å². The molecule has 1 saturated carbocycles. The van der Waals surface area contributed by atoms with Gasteiger partial charge in [0.2, 0.25) is 0 Å². The fourth-order valence-corrected chi connectivity index (χ4v) is 2.05. The third-order valence-electron chi connectivity index (χ3n) is 2.69. The summed E-state index contributed by atoms with van der Waals surface area (Å²) in [7, 11) is 0. The van der Waals surface area contributed by atoms with Crippen LogP contribution in [0.3, 0.4) is 0 Å². The van der Waals surface area contributed by atoms with E-state index in [9.17, 15) is 5.11 Å². The van der Waals surface area contributed by atoms with Crippen molar-refractivity contribution < 1.29 is 5.11 Å². The van der Waals surface area contributed by atoms with Gasteiger partial charge >= 0.3 is 0 Å². The van der Waals surface area contributed by atoms with Crippen molar-refractivity contribution in [2.75, 3.05) is 13.1 Å². The van der Waals surface area contributed by atoms with Crippen molar-refractivity contribution in [3.63, 3.8) is 0 Å². The first-order chi connectivity index (χ1) is 4.38. The van der Waals surface area contributed by atoms with Crippen LogP contribution < -0.4 is 5.32 Å². The first-order valence-corrected chi connectivity index (χ1v) is 3.76. The number of nitrogens with one attached hydrogen (secondary N) is 1. The third-order valence-corrected chi connectivity index (χ3v) is 2.69. The van der Waals surface area contributed by atoms with Gasteiger partial charge in [-0.05, 0) is 24.7 Å². The SMILES string of the molecule is Cl.OC1C2CC[C@@H]1CNC2. The highest BCUT2D eigenvalue weighted by Crippen LogP contribution is 2.32. The van der Waals surface area contributed by atoms with Gasteiger partial charge in [0, 0.05) is 13.1 Å². The molecule has 0 aromatic rings. The third kappa shape index (κ3) is 1.16. The molecule has 0 aromatic heterocycles. The van der Waals surface area contributed by atoms with Crippen LogP contribution in [0, 0.1) is 11.8 Å². The maximum absolute atomic E-state index is 9.47. The van der Waals surface area contributed by atoms with E-state index in [2.05, 4.69) is 5.32 Å². The van der Waals surface area contributed by atoms with E-state index in [0.717, 1.165) is 13.1 Å². The van der Waals surface area contributed by atoms with Crippen molar-refractivity contribution in [1.82, 2.24) is 5.32 Å². The molecular weight excluding hydrogens is 150 g/mol. The van der Waals surface area contributed by atoms with Gasteiger partial charge in [-0.1, -0.05) is 0 Å². The van der Waals surface area contributed by atoms with E-state index in [1.807, 2.05) is 0 Å². The molecule has 2 unspecified atom stereocenters. The summed E-state index contributed by atoms with van der Waals surface area (Å²) < 4.78 is 0. The Morgan fingerprint density at radius 3 is 2.00 bits per heavy atom. The summed E-state index contributed by atoms with van der Waals surface area (Å²) >= 11 is 0. The lowest BCUT2D eigenvalue weighted by molar-refractivity contribution is 0.0700. The predicted octanol–water partition coefficient (Wildman–Crippen LogP) is 0.398. The molecule has 3 heteroatoms. The Kier molecular flexibility index (Phi) is 2.55. The zero-order valence-electron chi connectivity index (χ0n) is 5.92. The zero-order valence-corrected chi connectivity index (χ0v) is 6.73. The molecule has 0 spiro atoms. The summed E-state index contributed by atoms with van der Waals surface area (Å²) in [6.45, 7) is 2.08. The van der Waals surface area contributed by atoms with E-state index >= 15 is 0 Å². The number of rotatable bonds is 0. The van der Waals surface area contributed by atoms with Gasteiger partial charge < -0.3 is 10.4 Å². The van der Waals surface area contributed by atoms with Gasteiger partial charge in [-0.25, -0.2) is 0 Å². The molecule has 2 rings (SSSR count). The summed E-state index contributed by atoms with van der Waals surface area (Å²) in [5, 5.41) is 12.8. The van der Waals surface area contributed by atoms with Crippen molar-refractivity contribution in [3.05, 3.63) is 0 Å². The lowest BCUT2D eigenvalue weighted by Crippen LogP contribution is -2.41. The molecule has 1 aliphatic carbocycles. The van der Waals surface area contributed by atoms with Crippen LogP contribution in [0.5, 0.6) is 0 Å². The second kappa shape index (κ2) is 3.07. The van der Waals surface area contributed by atoms with Gasteiger partial charge in [0.1, 0.15) is 0 Å². The van der Waals surface area contributed by atoms with Crippen molar-refractivity contribution in [2.24, 2.45) is 11.8 Å². The summed E-state index contributed by atoms with van der Waals surface area (Å²) in [6.07, 6.45) is 2.49. The number of aliphatic hydroxyl groups excluding tert-OH is 1. The fourth-order valence-electron chi connectivity index (χ4n) is 2.05. The molecule has 1 aliphatic heterocycles. The molecule has 2 bridgehead atoms. The quantitative estimate of drug-likeness (QED) is 0.542. The summed E-state index contributed by atoms with van der Waals surface area (Å²) in [5.41, 5.74) is 0. The molecule has 0 amide bonds. The van der Waals surface area contributed by atoms with E-state index in [1.165, 1.54) is 12.8 Å². The summed E-state index contributed by atoms with van der Waals surface area (Å²) in [6, 6.07) is 0. The van der Waals surface area contributed by atoms with E-state index in [-0.39, 0.29) is 18.5 Å². The number of fused-ring (bicyclic) bond motifs is 2. The van der Waals surface area contributed by atoms with Crippen molar-refractivity contribution in [1.29, 1.82) is 0 Å². The lowest BCUT2D eigenvalue weighted by atomic mass is 9.97. The molecule has 2 N–H and O–H groups in total. The molecule has 10 heavy (non-hydrogen) atoms. The molecule has 2 aliphatic rings. The fraction of sp³-hybridized carbons (Fsp3) is 1.00. The predicted molar refractivity (Wildman–Crippen MR) is 42.3 cm³/mol. The molecule has 0 aromatic carbocycles. The molecule has 3 atom stereocenters. The summed E-state index contributed by atoms with van der Waals surface area (Å²) in [4.78, 5) is 0. The second-order valence-corrected chi connectivity index (χ2v) is 3.25. The van der Waals surface area contributed by atoms with Gasteiger partial charge in [-0.15, -0.1) is 12.4 Å². The largest absolute Gasteiger partial charge is 0.392 e. The number of hydrogen-bond donors (Lipinski definition) is 2. The molecule has 1 heterocycles. The number of halogens is 1. The first-order valence-electron chi connectivity index (χ1n) is 3.76. The van der Waals surface area contributed by atoms with Crippen LogP contribution in [0.4, 0.5) is 0 Å². The van der Waals surface area contributed by atoms with Crippen molar-refractivity contribution in [3.8, 4) is 0 Å². The van der Waals surface area contributed by atoms with Crippen LogP contribution >= 0.6 is 12.4 Å². The Balaban J connectivity index is 0.000000500. The number of piperidine rings is 1. The topological polar surface area (TPSA) is 32.3 Å². The Morgan fingerprint density at radius 1 is 1.10 bits per heavy atom.